The highest BCUT2D eigenvalue weighted by atomic mass is 19.1. The molecule has 4 rings (SSSR count). The summed E-state index contributed by atoms with van der Waals surface area (Å²) in [6.07, 6.45) is 0. The summed E-state index contributed by atoms with van der Waals surface area (Å²) in [6.45, 7) is 3.98. The lowest BCUT2D eigenvalue weighted by Crippen LogP contribution is -2.14. The van der Waals surface area contributed by atoms with Crippen molar-refractivity contribution >= 4 is 22.5 Å². The number of anilines is 1. The molecule has 4 nitrogen and oxygen atoms in total. The molecule has 5 heteroatoms. The van der Waals surface area contributed by atoms with E-state index in [1.807, 2.05) is 56.3 Å². The smallest absolute Gasteiger partial charge is 0.276 e. The highest BCUT2D eigenvalue weighted by Gasteiger charge is 2.18. The maximum Gasteiger partial charge on any atom is 0.276 e. The van der Waals surface area contributed by atoms with Gasteiger partial charge in [-0.15, -0.1) is 0 Å². The number of nitrogens with zero attached hydrogens (tertiary/aromatic N) is 2. The number of carbonyl (C=O) groups is 1. The van der Waals surface area contributed by atoms with Crippen molar-refractivity contribution in [2.75, 3.05) is 5.32 Å². The minimum Gasteiger partial charge on any atom is -0.320 e. The van der Waals surface area contributed by atoms with E-state index in [2.05, 4.69) is 10.4 Å². The van der Waals surface area contributed by atoms with Crippen molar-refractivity contribution in [3.63, 3.8) is 0 Å². The van der Waals surface area contributed by atoms with Gasteiger partial charge in [0.15, 0.2) is 5.69 Å². The van der Waals surface area contributed by atoms with Crippen molar-refractivity contribution in [2.45, 2.75) is 13.8 Å². The van der Waals surface area contributed by atoms with Crippen molar-refractivity contribution in [2.24, 2.45) is 0 Å². The zero-order valence-corrected chi connectivity index (χ0v) is 15.0. The molecule has 0 bridgehead atoms. The number of carbonyl (C=O) groups excluding carboxylic acids is 1. The zero-order valence-electron chi connectivity index (χ0n) is 15.0. The molecule has 4 aromatic rings. The van der Waals surface area contributed by atoms with E-state index in [1.165, 1.54) is 12.1 Å². The van der Waals surface area contributed by atoms with E-state index in [4.69, 9.17) is 0 Å². The highest BCUT2D eigenvalue weighted by Crippen LogP contribution is 2.24. The number of hydrogen-bond donors (Lipinski definition) is 1. The third-order valence-corrected chi connectivity index (χ3v) is 4.73. The molecule has 0 saturated heterocycles. The predicted molar refractivity (Wildman–Crippen MR) is 105 cm³/mol. The van der Waals surface area contributed by atoms with Crippen LogP contribution in [0.2, 0.25) is 0 Å². The van der Waals surface area contributed by atoms with Crippen LogP contribution in [0.5, 0.6) is 0 Å². The van der Waals surface area contributed by atoms with Crippen LogP contribution in [0.4, 0.5) is 10.1 Å². The second-order valence-corrected chi connectivity index (χ2v) is 6.46. The van der Waals surface area contributed by atoms with Crippen molar-refractivity contribution in [1.29, 1.82) is 0 Å². The largest absolute Gasteiger partial charge is 0.320 e. The van der Waals surface area contributed by atoms with E-state index in [9.17, 15) is 9.18 Å². The van der Waals surface area contributed by atoms with Crippen molar-refractivity contribution in [1.82, 2.24) is 9.78 Å². The van der Waals surface area contributed by atoms with E-state index < -0.39 is 0 Å². The third kappa shape index (κ3) is 3.08. The van der Waals surface area contributed by atoms with Crippen LogP contribution in [0.15, 0.2) is 66.7 Å². The number of aryl methyl sites for hydroxylation is 1. The summed E-state index contributed by atoms with van der Waals surface area (Å²) in [5, 5.41) is 8.22. The van der Waals surface area contributed by atoms with Gasteiger partial charge in [0.1, 0.15) is 5.82 Å². The Morgan fingerprint density at radius 2 is 1.70 bits per heavy atom. The molecule has 1 aromatic heterocycles. The summed E-state index contributed by atoms with van der Waals surface area (Å²) in [6, 6.07) is 19.3. The molecule has 0 unspecified atom stereocenters. The van der Waals surface area contributed by atoms with E-state index >= 15 is 0 Å². The fourth-order valence-corrected chi connectivity index (χ4v) is 3.08. The fraction of sp³-hybridized carbons (Fsp3) is 0.0909. The molecular weight excluding hydrogens is 341 g/mol. The minimum atomic E-state index is -0.317. The Morgan fingerprint density at radius 3 is 2.48 bits per heavy atom. The molecular formula is C22H18FN3O. The average Bonchev–Trinajstić information content (AvgIpc) is 3.06. The maximum absolute atomic E-state index is 13.3. The first kappa shape index (κ1) is 17.0. The van der Waals surface area contributed by atoms with Gasteiger partial charge in [0.05, 0.1) is 11.2 Å². The number of aromatic nitrogens is 2. The monoisotopic (exact) mass is 359 g/mol. The van der Waals surface area contributed by atoms with Gasteiger partial charge >= 0.3 is 0 Å². The van der Waals surface area contributed by atoms with Crippen LogP contribution in [0.25, 0.3) is 16.6 Å². The topological polar surface area (TPSA) is 46.9 Å². The molecule has 0 radical (unpaired) electrons. The quantitative estimate of drug-likeness (QED) is 0.557. The number of rotatable bonds is 3. The van der Waals surface area contributed by atoms with Crippen LogP contribution in [0.1, 0.15) is 21.6 Å². The molecule has 3 aromatic carbocycles. The van der Waals surface area contributed by atoms with E-state index in [-0.39, 0.29) is 11.7 Å². The summed E-state index contributed by atoms with van der Waals surface area (Å²) in [5.41, 5.74) is 4.70. The number of para-hydroxylation sites is 1. The molecule has 0 saturated carbocycles. The number of hydrogen-bond acceptors (Lipinski definition) is 2. The Morgan fingerprint density at radius 1 is 0.963 bits per heavy atom. The highest BCUT2D eigenvalue weighted by molar-refractivity contribution is 6.11. The molecule has 27 heavy (non-hydrogen) atoms. The summed E-state index contributed by atoms with van der Waals surface area (Å²) in [5.74, 6) is -0.594. The first-order valence-electron chi connectivity index (χ1n) is 8.66. The van der Waals surface area contributed by atoms with Gasteiger partial charge < -0.3 is 5.32 Å². The van der Waals surface area contributed by atoms with Gasteiger partial charge in [-0.3, -0.25) is 4.79 Å². The van der Waals surface area contributed by atoms with Gasteiger partial charge in [-0.05, 0) is 61.4 Å². The Bertz CT molecular complexity index is 1150. The van der Waals surface area contributed by atoms with E-state index in [0.717, 1.165) is 27.7 Å². The Hall–Kier alpha value is -3.47. The molecule has 1 heterocycles. The maximum atomic E-state index is 13.3. The second-order valence-electron chi connectivity index (χ2n) is 6.46. The summed E-state index contributed by atoms with van der Waals surface area (Å²) in [4.78, 5) is 12.9. The standard InChI is InChI=1S/C22H18FN3O/c1-14-6-5-8-19(15(14)2)24-22(27)21-18-7-3-4-9-20(18)26(25-21)17-12-10-16(23)11-13-17/h3-13H,1-2H3,(H,24,27). The number of fused-ring (bicyclic) bond motifs is 1. The molecule has 0 aliphatic carbocycles. The second kappa shape index (κ2) is 6.68. The molecule has 0 spiro atoms. The molecule has 0 aliphatic heterocycles. The molecule has 0 aliphatic rings. The van der Waals surface area contributed by atoms with Crippen LogP contribution in [0, 0.1) is 19.7 Å². The third-order valence-electron chi connectivity index (χ3n) is 4.73. The number of amides is 1. The Labute approximate surface area is 156 Å². The van der Waals surface area contributed by atoms with Gasteiger partial charge in [0.25, 0.3) is 5.91 Å². The van der Waals surface area contributed by atoms with Gasteiger partial charge in [-0.2, -0.15) is 5.10 Å². The molecule has 1 N–H and O–H groups in total. The van der Waals surface area contributed by atoms with E-state index in [1.54, 1.807) is 16.8 Å². The predicted octanol–water partition coefficient (Wildman–Crippen LogP) is 5.03. The molecule has 0 atom stereocenters. The van der Waals surface area contributed by atoms with Crippen molar-refractivity contribution < 1.29 is 9.18 Å². The fourth-order valence-electron chi connectivity index (χ4n) is 3.08. The lowest BCUT2D eigenvalue weighted by atomic mass is 10.1. The molecule has 0 fully saturated rings. The number of halogens is 1. The number of benzene rings is 3. The normalized spacial score (nSPS) is 10.9. The lowest BCUT2D eigenvalue weighted by molar-refractivity contribution is 0.102. The SMILES string of the molecule is Cc1cccc(NC(=O)c2nn(-c3ccc(F)cc3)c3ccccc23)c1C. The van der Waals surface area contributed by atoms with Crippen LogP contribution in [0.3, 0.4) is 0 Å². The molecule has 1 amide bonds. The summed E-state index contributed by atoms with van der Waals surface area (Å²) < 4.78 is 14.9. The zero-order chi connectivity index (χ0) is 19.0. The van der Waals surface area contributed by atoms with Crippen molar-refractivity contribution in [3.05, 3.63) is 89.4 Å². The average molecular weight is 359 g/mol. The van der Waals surface area contributed by atoms with Crippen LogP contribution in [-0.4, -0.2) is 15.7 Å². The lowest BCUT2D eigenvalue weighted by Gasteiger charge is -2.09. The van der Waals surface area contributed by atoms with Crippen molar-refractivity contribution in [3.8, 4) is 5.69 Å². The summed E-state index contributed by atoms with van der Waals surface area (Å²) in [7, 11) is 0. The van der Waals surface area contributed by atoms with Gasteiger partial charge in [-0.1, -0.05) is 30.3 Å². The molecule has 134 valence electrons. The van der Waals surface area contributed by atoms with Crippen LogP contribution < -0.4 is 5.32 Å². The first-order valence-corrected chi connectivity index (χ1v) is 8.66. The number of nitrogens with one attached hydrogen (secondary N) is 1. The Kier molecular flexibility index (Phi) is 4.20. The minimum absolute atomic E-state index is 0.277. The van der Waals surface area contributed by atoms with E-state index in [0.29, 0.717) is 11.4 Å². The van der Waals surface area contributed by atoms with Crippen LogP contribution >= 0.6 is 0 Å². The van der Waals surface area contributed by atoms with Crippen LogP contribution in [-0.2, 0) is 0 Å². The first-order chi connectivity index (χ1) is 13.0. The summed E-state index contributed by atoms with van der Waals surface area (Å²) >= 11 is 0. The Balaban J connectivity index is 1.79. The van der Waals surface area contributed by atoms with Gasteiger partial charge in [0, 0.05) is 11.1 Å². The van der Waals surface area contributed by atoms with Gasteiger partial charge in [0.2, 0.25) is 0 Å². The van der Waals surface area contributed by atoms with Gasteiger partial charge in [-0.25, -0.2) is 9.07 Å².